The van der Waals surface area contributed by atoms with E-state index in [1.54, 1.807) is 0 Å². The van der Waals surface area contributed by atoms with Gasteiger partial charge in [-0.1, -0.05) is 34.1 Å². The molecule has 16 heavy (non-hydrogen) atoms. The van der Waals surface area contributed by atoms with Crippen LogP contribution in [0.15, 0.2) is 50.5 Å². The van der Waals surface area contributed by atoms with Gasteiger partial charge in [-0.2, -0.15) is 0 Å². The Bertz CT molecular complexity index is 616. The van der Waals surface area contributed by atoms with Gasteiger partial charge in [-0.05, 0) is 11.6 Å². The zero-order valence-electron chi connectivity index (χ0n) is 8.31. The van der Waals surface area contributed by atoms with Gasteiger partial charge in [-0.15, -0.1) is 0 Å². The molecule has 5 heteroatoms. The molecule has 0 atom stereocenters. The number of aromatic nitrogens is 2. The molecule has 0 radical (unpaired) electrons. The van der Waals surface area contributed by atoms with Gasteiger partial charge in [0, 0.05) is 16.6 Å². The van der Waals surface area contributed by atoms with Crippen LogP contribution in [-0.4, -0.2) is 9.78 Å². The molecule has 0 fully saturated rings. The van der Waals surface area contributed by atoms with Crippen LogP contribution < -0.4 is 11.1 Å². The summed E-state index contributed by atoms with van der Waals surface area (Å²) in [6.07, 6.45) is 0. The summed E-state index contributed by atoms with van der Waals surface area (Å²) in [6.45, 7) is 0.344. The number of hydrogen-bond acceptors (Lipinski definition) is 2. The second-order valence-corrected chi connectivity index (χ2v) is 4.18. The van der Waals surface area contributed by atoms with E-state index in [4.69, 9.17) is 0 Å². The largest absolute Gasteiger partial charge is 0.268 e. The number of nitrogens with zero attached hydrogens (tertiary/aromatic N) is 1. The van der Waals surface area contributed by atoms with Gasteiger partial charge in [0.25, 0.3) is 11.1 Å². The van der Waals surface area contributed by atoms with E-state index in [1.165, 1.54) is 16.8 Å². The maximum absolute atomic E-state index is 11.5. The van der Waals surface area contributed by atoms with E-state index in [1.807, 2.05) is 24.3 Å². The minimum absolute atomic E-state index is 0.227. The molecular formula is C11H9BrN2O2. The van der Waals surface area contributed by atoms with E-state index in [2.05, 4.69) is 21.0 Å². The first-order chi connectivity index (χ1) is 7.66. The summed E-state index contributed by atoms with van der Waals surface area (Å²) >= 11 is 3.39. The molecule has 0 aliphatic rings. The molecular weight excluding hydrogens is 272 g/mol. The van der Waals surface area contributed by atoms with Gasteiger partial charge in [0.15, 0.2) is 0 Å². The van der Waals surface area contributed by atoms with Crippen molar-refractivity contribution in [3.63, 3.8) is 0 Å². The third-order valence-electron chi connectivity index (χ3n) is 2.17. The third kappa shape index (κ3) is 2.30. The van der Waals surface area contributed by atoms with Crippen molar-refractivity contribution in [3.8, 4) is 0 Å². The highest BCUT2D eigenvalue weighted by atomic mass is 79.9. The molecule has 1 heterocycles. The van der Waals surface area contributed by atoms with Gasteiger partial charge in [-0.3, -0.25) is 14.7 Å². The highest BCUT2D eigenvalue weighted by molar-refractivity contribution is 9.10. The van der Waals surface area contributed by atoms with E-state index in [-0.39, 0.29) is 11.1 Å². The Morgan fingerprint density at radius 3 is 2.62 bits per heavy atom. The minimum atomic E-state index is -0.286. The molecule has 1 N–H and O–H groups in total. The van der Waals surface area contributed by atoms with E-state index in [9.17, 15) is 9.59 Å². The molecule has 0 saturated heterocycles. The lowest BCUT2D eigenvalue weighted by atomic mass is 10.2. The molecule has 1 aromatic carbocycles. The van der Waals surface area contributed by atoms with Crippen molar-refractivity contribution in [1.29, 1.82) is 0 Å². The van der Waals surface area contributed by atoms with Crippen LogP contribution in [0.1, 0.15) is 5.56 Å². The fraction of sp³-hybridized carbons (Fsp3) is 0.0909. The highest BCUT2D eigenvalue weighted by Gasteiger charge is 2.01. The van der Waals surface area contributed by atoms with Crippen LogP contribution in [0.4, 0.5) is 0 Å². The summed E-state index contributed by atoms with van der Waals surface area (Å²) in [5.74, 6) is 0. The summed E-state index contributed by atoms with van der Waals surface area (Å²) in [7, 11) is 0. The van der Waals surface area contributed by atoms with Crippen LogP contribution in [0, 0.1) is 0 Å². The smallest absolute Gasteiger partial charge is 0.265 e. The van der Waals surface area contributed by atoms with Crippen LogP contribution in [0.2, 0.25) is 0 Å². The van der Waals surface area contributed by atoms with E-state index in [0.717, 1.165) is 10.0 Å². The first-order valence-corrected chi connectivity index (χ1v) is 5.50. The predicted octanol–water partition coefficient (Wildman–Crippen LogP) is 1.35. The lowest BCUT2D eigenvalue weighted by Crippen LogP contribution is -2.28. The molecule has 0 aliphatic carbocycles. The SMILES string of the molecule is O=c1ccc(=O)n(Cc2ccccc2Br)[nH]1. The first kappa shape index (κ1) is 10.9. The highest BCUT2D eigenvalue weighted by Crippen LogP contribution is 2.15. The van der Waals surface area contributed by atoms with Crippen molar-refractivity contribution in [2.75, 3.05) is 0 Å². The Kier molecular flexibility index (Phi) is 3.05. The molecule has 2 rings (SSSR count). The fourth-order valence-electron chi connectivity index (χ4n) is 1.38. The second kappa shape index (κ2) is 4.49. The van der Waals surface area contributed by atoms with Crippen LogP contribution in [0.5, 0.6) is 0 Å². The summed E-state index contributed by atoms with van der Waals surface area (Å²) in [5.41, 5.74) is 0.424. The average Bonchev–Trinajstić information content (AvgIpc) is 2.27. The minimum Gasteiger partial charge on any atom is -0.268 e. The summed E-state index contributed by atoms with van der Waals surface area (Å²) in [4.78, 5) is 22.6. The quantitative estimate of drug-likeness (QED) is 0.903. The summed E-state index contributed by atoms with van der Waals surface area (Å²) in [6, 6.07) is 10.0. The Labute approximate surface area is 99.7 Å². The number of halogens is 1. The van der Waals surface area contributed by atoms with E-state index in [0.29, 0.717) is 6.54 Å². The molecule has 0 bridgehead atoms. The van der Waals surface area contributed by atoms with Crippen molar-refractivity contribution < 1.29 is 0 Å². The van der Waals surface area contributed by atoms with Gasteiger partial charge in [0.2, 0.25) is 0 Å². The number of aromatic amines is 1. The van der Waals surface area contributed by atoms with Crippen molar-refractivity contribution in [1.82, 2.24) is 9.78 Å². The van der Waals surface area contributed by atoms with Crippen molar-refractivity contribution in [2.24, 2.45) is 0 Å². The standard InChI is InChI=1S/C11H9BrN2O2/c12-9-4-2-1-3-8(9)7-14-11(16)6-5-10(15)13-14/h1-6H,7H2,(H,13,15). The van der Waals surface area contributed by atoms with Crippen LogP contribution in [-0.2, 0) is 6.54 Å². The lowest BCUT2D eigenvalue weighted by molar-refractivity contribution is 0.626. The topological polar surface area (TPSA) is 54.9 Å². The van der Waals surface area contributed by atoms with Crippen molar-refractivity contribution in [2.45, 2.75) is 6.54 Å². The Morgan fingerprint density at radius 2 is 1.88 bits per heavy atom. The Morgan fingerprint density at radius 1 is 1.12 bits per heavy atom. The molecule has 82 valence electrons. The molecule has 0 saturated carbocycles. The molecule has 1 aromatic heterocycles. The van der Waals surface area contributed by atoms with Crippen LogP contribution in [0.3, 0.4) is 0 Å². The van der Waals surface area contributed by atoms with Crippen molar-refractivity contribution in [3.05, 3.63) is 67.1 Å². The first-order valence-electron chi connectivity index (χ1n) is 4.70. The molecule has 0 amide bonds. The van der Waals surface area contributed by atoms with Gasteiger partial charge in [-0.25, -0.2) is 4.68 Å². The van der Waals surface area contributed by atoms with Gasteiger partial charge in [0.05, 0.1) is 6.54 Å². The molecule has 0 spiro atoms. The zero-order valence-corrected chi connectivity index (χ0v) is 9.90. The number of H-pyrrole nitrogens is 1. The van der Waals surface area contributed by atoms with Gasteiger partial charge in [0.1, 0.15) is 0 Å². The third-order valence-corrected chi connectivity index (χ3v) is 2.95. The number of nitrogens with one attached hydrogen (secondary N) is 1. The predicted molar refractivity (Wildman–Crippen MR) is 64.6 cm³/mol. The number of rotatable bonds is 2. The summed E-state index contributed by atoms with van der Waals surface area (Å²) in [5, 5.41) is 2.48. The lowest BCUT2D eigenvalue weighted by Gasteiger charge is -2.06. The van der Waals surface area contributed by atoms with Crippen LogP contribution >= 0.6 is 15.9 Å². The van der Waals surface area contributed by atoms with E-state index >= 15 is 0 Å². The second-order valence-electron chi connectivity index (χ2n) is 3.33. The fourth-order valence-corrected chi connectivity index (χ4v) is 1.79. The average molecular weight is 281 g/mol. The van der Waals surface area contributed by atoms with Crippen molar-refractivity contribution >= 4 is 15.9 Å². The van der Waals surface area contributed by atoms with Gasteiger partial charge < -0.3 is 0 Å². The Balaban J connectivity index is 2.42. The van der Waals surface area contributed by atoms with Crippen LogP contribution in [0.25, 0.3) is 0 Å². The molecule has 0 aliphatic heterocycles. The maximum atomic E-state index is 11.5. The molecule has 4 nitrogen and oxygen atoms in total. The molecule has 0 unspecified atom stereocenters. The van der Waals surface area contributed by atoms with Gasteiger partial charge >= 0.3 is 0 Å². The number of hydrogen-bond donors (Lipinski definition) is 1. The molecule has 2 aromatic rings. The zero-order chi connectivity index (χ0) is 11.5. The van der Waals surface area contributed by atoms with E-state index < -0.39 is 0 Å². The number of benzene rings is 1. The monoisotopic (exact) mass is 280 g/mol. The normalized spacial score (nSPS) is 10.3. The summed E-state index contributed by atoms with van der Waals surface area (Å²) < 4.78 is 2.19. The maximum Gasteiger partial charge on any atom is 0.265 e. The Hall–Kier alpha value is -1.62.